The molecule has 0 N–H and O–H groups in total. The second kappa shape index (κ2) is 5.20. The van der Waals surface area contributed by atoms with Gasteiger partial charge in [0.2, 0.25) is 0 Å². The number of benzene rings is 1. The average Bonchev–Trinajstić information content (AvgIpc) is 2.31. The minimum absolute atomic E-state index is 0.155. The van der Waals surface area contributed by atoms with E-state index in [1.165, 1.54) is 5.56 Å². The first-order chi connectivity index (χ1) is 7.38. The average molecular weight is 218 g/mol. The summed E-state index contributed by atoms with van der Waals surface area (Å²) in [5, 5.41) is 9.03. The number of hydrogen-bond donors (Lipinski definition) is 0. The predicted octanol–water partition coefficient (Wildman–Crippen LogP) is 2.13. The van der Waals surface area contributed by atoms with E-state index in [4.69, 9.17) is 5.26 Å². The summed E-state index contributed by atoms with van der Waals surface area (Å²) in [4.78, 5) is 2.36. The van der Waals surface area contributed by atoms with Gasteiger partial charge in [-0.3, -0.25) is 4.90 Å². The molecule has 1 saturated heterocycles. The first kappa shape index (κ1) is 10.5. The van der Waals surface area contributed by atoms with Crippen LogP contribution >= 0.6 is 11.8 Å². The zero-order valence-electron chi connectivity index (χ0n) is 8.60. The molecule has 78 valence electrons. The van der Waals surface area contributed by atoms with Crippen LogP contribution in [0.15, 0.2) is 30.3 Å². The quantitative estimate of drug-likeness (QED) is 0.761. The minimum atomic E-state index is 0.155. The SMILES string of the molecule is N#C[C@@H]1CN(Cc2ccccc2)CCS1. The van der Waals surface area contributed by atoms with Crippen LogP contribution in [0.3, 0.4) is 0 Å². The summed E-state index contributed by atoms with van der Waals surface area (Å²) in [6, 6.07) is 12.8. The molecule has 1 aliphatic rings. The minimum Gasteiger partial charge on any atom is -0.296 e. The van der Waals surface area contributed by atoms with E-state index in [0.29, 0.717) is 0 Å². The van der Waals surface area contributed by atoms with Crippen molar-refractivity contribution in [2.75, 3.05) is 18.8 Å². The van der Waals surface area contributed by atoms with Crippen molar-refractivity contribution in [3.8, 4) is 6.07 Å². The lowest BCUT2D eigenvalue weighted by molar-refractivity contribution is 0.284. The zero-order chi connectivity index (χ0) is 10.5. The molecule has 0 bridgehead atoms. The van der Waals surface area contributed by atoms with Crippen molar-refractivity contribution < 1.29 is 0 Å². The number of nitrogens with zero attached hydrogens (tertiary/aromatic N) is 2. The van der Waals surface area contributed by atoms with Gasteiger partial charge in [-0.05, 0) is 5.56 Å². The summed E-state index contributed by atoms with van der Waals surface area (Å²) in [5.74, 6) is 1.07. The van der Waals surface area contributed by atoms with E-state index >= 15 is 0 Å². The van der Waals surface area contributed by atoms with Gasteiger partial charge in [0.25, 0.3) is 0 Å². The fourth-order valence-corrected chi connectivity index (χ4v) is 2.80. The summed E-state index contributed by atoms with van der Waals surface area (Å²) in [7, 11) is 0. The molecule has 0 radical (unpaired) electrons. The van der Waals surface area contributed by atoms with Gasteiger partial charge in [0.05, 0.1) is 6.07 Å². The van der Waals surface area contributed by atoms with Crippen LogP contribution in [0.2, 0.25) is 0 Å². The van der Waals surface area contributed by atoms with Crippen LogP contribution in [0.5, 0.6) is 0 Å². The van der Waals surface area contributed by atoms with Crippen molar-refractivity contribution in [2.24, 2.45) is 0 Å². The van der Waals surface area contributed by atoms with Crippen molar-refractivity contribution in [1.29, 1.82) is 5.26 Å². The van der Waals surface area contributed by atoms with Crippen LogP contribution in [0, 0.1) is 11.3 Å². The summed E-state index contributed by atoms with van der Waals surface area (Å²) in [6.45, 7) is 2.97. The Balaban J connectivity index is 1.93. The number of thioether (sulfide) groups is 1. The van der Waals surface area contributed by atoms with Crippen LogP contribution < -0.4 is 0 Å². The normalized spacial score (nSPS) is 22.2. The summed E-state index contributed by atoms with van der Waals surface area (Å²) < 4.78 is 0. The van der Waals surface area contributed by atoms with Crippen LogP contribution in [0.1, 0.15) is 5.56 Å². The molecule has 15 heavy (non-hydrogen) atoms. The molecule has 2 nitrogen and oxygen atoms in total. The second-order valence-electron chi connectivity index (χ2n) is 3.71. The fraction of sp³-hybridized carbons (Fsp3) is 0.417. The summed E-state index contributed by atoms with van der Waals surface area (Å²) in [5.41, 5.74) is 1.33. The Morgan fingerprint density at radius 3 is 2.93 bits per heavy atom. The van der Waals surface area contributed by atoms with Gasteiger partial charge in [0.15, 0.2) is 0 Å². The Hall–Kier alpha value is -0.980. The third-order valence-electron chi connectivity index (χ3n) is 2.54. The molecule has 0 unspecified atom stereocenters. The van der Waals surface area contributed by atoms with Crippen LogP contribution in [0.25, 0.3) is 0 Å². The van der Waals surface area contributed by atoms with Gasteiger partial charge >= 0.3 is 0 Å². The molecular weight excluding hydrogens is 204 g/mol. The van der Waals surface area contributed by atoms with Crippen molar-refractivity contribution >= 4 is 11.8 Å². The van der Waals surface area contributed by atoms with E-state index in [9.17, 15) is 0 Å². The molecule has 1 aromatic carbocycles. The standard InChI is InChI=1S/C12H14N2S/c13-8-12-10-14(6-7-15-12)9-11-4-2-1-3-5-11/h1-5,12H,6-7,9-10H2/t12-/m1/s1. The van der Waals surface area contributed by atoms with Crippen LogP contribution in [0.4, 0.5) is 0 Å². The third-order valence-corrected chi connectivity index (χ3v) is 3.62. The van der Waals surface area contributed by atoms with Crippen LogP contribution in [-0.4, -0.2) is 29.0 Å². The van der Waals surface area contributed by atoms with Gasteiger partial charge in [-0.15, -0.1) is 11.8 Å². The number of hydrogen-bond acceptors (Lipinski definition) is 3. The molecule has 1 fully saturated rings. The van der Waals surface area contributed by atoms with E-state index in [1.54, 1.807) is 11.8 Å². The van der Waals surface area contributed by atoms with Crippen molar-refractivity contribution in [3.63, 3.8) is 0 Å². The van der Waals surface area contributed by atoms with Crippen LogP contribution in [-0.2, 0) is 6.54 Å². The molecule has 1 aliphatic heterocycles. The van der Waals surface area contributed by atoms with E-state index in [-0.39, 0.29) is 5.25 Å². The smallest absolute Gasteiger partial charge is 0.104 e. The fourth-order valence-electron chi connectivity index (χ4n) is 1.77. The Morgan fingerprint density at radius 2 is 2.20 bits per heavy atom. The Kier molecular flexibility index (Phi) is 3.65. The maximum Gasteiger partial charge on any atom is 0.104 e. The molecule has 3 heteroatoms. The Bertz CT molecular complexity index is 344. The monoisotopic (exact) mass is 218 g/mol. The molecule has 0 spiro atoms. The van der Waals surface area contributed by atoms with Crippen molar-refractivity contribution in [3.05, 3.63) is 35.9 Å². The first-order valence-corrected chi connectivity index (χ1v) is 6.21. The van der Waals surface area contributed by atoms with Gasteiger partial charge in [-0.1, -0.05) is 30.3 Å². The lowest BCUT2D eigenvalue weighted by atomic mass is 10.2. The third kappa shape index (κ3) is 2.98. The molecule has 0 aromatic heterocycles. The summed E-state index contributed by atoms with van der Waals surface area (Å²) >= 11 is 1.77. The Labute approximate surface area is 94.9 Å². The van der Waals surface area contributed by atoms with Gasteiger partial charge in [0, 0.05) is 25.4 Å². The predicted molar refractivity (Wildman–Crippen MR) is 63.6 cm³/mol. The highest BCUT2D eigenvalue weighted by Crippen LogP contribution is 2.19. The molecule has 0 saturated carbocycles. The number of nitriles is 1. The maximum absolute atomic E-state index is 8.88. The highest BCUT2D eigenvalue weighted by molar-refractivity contribution is 8.00. The molecule has 1 aromatic rings. The molecule has 0 aliphatic carbocycles. The van der Waals surface area contributed by atoms with Gasteiger partial charge in [-0.25, -0.2) is 0 Å². The van der Waals surface area contributed by atoms with Crippen molar-refractivity contribution in [2.45, 2.75) is 11.8 Å². The van der Waals surface area contributed by atoms with E-state index in [1.807, 2.05) is 6.07 Å². The first-order valence-electron chi connectivity index (χ1n) is 5.16. The van der Waals surface area contributed by atoms with Gasteiger partial charge < -0.3 is 0 Å². The second-order valence-corrected chi connectivity index (χ2v) is 5.02. The topological polar surface area (TPSA) is 27.0 Å². The molecule has 1 heterocycles. The lowest BCUT2D eigenvalue weighted by Crippen LogP contribution is -2.36. The van der Waals surface area contributed by atoms with E-state index in [0.717, 1.165) is 25.4 Å². The summed E-state index contributed by atoms with van der Waals surface area (Å²) in [6.07, 6.45) is 0. The molecule has 1 atom stereocenters. The van der Waals surface area contributed by atoms with E-state index in [2.05, 4.69) is 35.2 Å². The van der Waals surface area contributed by atoms with E-state index < -0.39 is 0 Å². The maximum atomic E-state index is 8.88. The number of rotatable bonds is 2. The molecule has 0 amide bonds. The largest absolute Gasteiger partial charge is 0.296 e. The Morgan fingerprint density at radius 1 is 1.40 bits per heavy atom. The van der Waals surface area contributed by atoms with Crippen molar-refractivity contribution in [1.82, 2.24) is 4.90 Å². The zero-order valence-corrected chi connectivity index (χ0v) is 9.41. The van der Waals surface area contributed by atoms with Gasteiger partial charge in [-0.2, -0.15) is 5.26 Å². The molecular formula is C12H14N2S. The lowest BCUT2D eigenvalue weighted by Gasteiger charge is -2.29. The highest BCUT2D eigenvalue weighted by Gasteiger charge is 2.19. The molecule has 2 rings (SSSR count). The van der Waals surface area contributed by atoms with Gasteiger partial charge in [0.1, 0.15) is 5.25 Å². The highest BCUT2D eigenvalue weighted by atomic mass is 32.2.